The topological polar surface area (TPSA) is 74.6 Å². The summed E-state index contributed by atoms with van der Waals surface area (Å²) in [5.41, 5.74) is 1.97. The maximum atomic E-state index is 12.2. The van der Waals surface area contributed by atoms with Gasteiger partial charge < -0.3 is 24.1 Å². The Labute approximate surface area is 192 Å². The van der Waals surface area contributed by atoms with Gasteiger partial charge in [-0.25, -0.2) is 4.98 Å². The van der Waals surface area contributed by atoms with Crippen LogP contribution in [0.1, 0.15) is 5.82 Å². The van der Waals surface area contributed by atoms with Crippen LogP contribution in [0.3, 0.4) is 0 Å². The molecule has 170 valence electrons. The van der Waals surface area contributed by atoms with Gasteiger partial charge in [0.15, 0.2) is 6.61 Å². The highest BCUT2D eigenvalue weighted by molar-refractivity contribution is 5.77. The lowest BCUT2D eigenvalue weighted by molar-refractivity contribution is -0.123. The summed E-state index contributed by atoms with van der Waals surface area (Å²) in [5.74, 6) is 2.92. The number of hydrogen-bond donors (Lipinski definition) is 1. The van der Waals surface area contributed by atoms with E-state index in [4.69, 9.17) is 19.2 Å². The fraction of sp³-hybridized carbons (Fsp3) is 0.231. The number of benzene rings is 3. The van der Waals surface area contributed by atoms with Gasteiger partial charge in [-0.1, -0.05) is 36.4 Å². The molecule has 4 aromatic rings. The third kappa shape index (κ3) is 6.04. The second-order valence-electron chi connectivity index (χ2n) is 7.40. The van der Waals surface area contributed by atoms with Crippen molar-refractivity contribution >= 4 is 16.9 Å². The molecule has 0 aliphatic carbocycles. The van der Waals surface area contributed by atoms with Gasteiger partial charge in [-0.15, -0.1) is 0 Å². The number of amides is 1. The van der Waals surface area contributed by atoms with Gasteiger partial charge in [0.2, 0.25) is 0 Å². The van der Waals surface area contributed by atoms with Crippen LogP contribution in [0.4, 0.5) is 0 Å². The average Bonchev–Trinajstić information content (AvgIpc) is 3.21. The number of carbonyl (C=O) groups is 1. The Morgan fingerprint density at radius 3 is 2.52 bits per heavy atom. The number of methoxy groups -OCH3 is 1. The first-order valence-electron chi connectivity index (χ1n) is 10.9. The van der Waals surface area contributed by atoms with Gasteiger partial charge in [-0.3, -0.25) is 4.79 Å². The predicted molar refractivity (Wildman–Crippen MR) is 127 cm³/mol. The Morgan fingerprint density at radius 2 is 1.67 bits per heavy atom. The number of hydrogen-bond acceptors (Lipinski definition) is 5. The largest absolute Gasteiger partial charge is 0.497 e. The first-order chi connectivity index (χ1) is 16.2. The normalized spacial score (nSPS) is 10.7. The molecule has 0 spiro atoms. The summed E-state index contributed by atoms with van der Waals surface area (Å²) in [5, 5.41) is 2.91. The Morgan fingerprint density at radius 1 is 0.909 bits per heavy atom. The Kier molecular flexibility index (Phi) is 7.43. The number of ether oxygens (including phenoxy) is 3. The van der Waals surface area contributed by atoms with E-state index < -0.39 is 0 Å². The van der Waals surface area contributed by atoms with E-state index in [1.807, 2.05) is 78.9 Å². The van der Waals surface area contributed by atoms with Gasteiger partial charge in [0.05, 0.1) is 24.7 Å². The van der Waals surface area contributed by atoms with Crippen molar-refractivity contribution in [1.82, 2.24) is 14.9 Å². The summed E-state index contributed by atoms with van der Waals surface area (Å²) >= 11 is 0. The lowest BCUT2D eigenvalue weighted by Gasteiger charge is -2.12. The first-order valence-corrected chi connectivity index (χ1v) is 10.9. The lowest BCUT2D eigenvalue weighted by atomic mass is 10.3. The summed E-state index contributed by atoms with van der Waals surface area (Å²) in [6.45, 7) is 1.57. The van der Waals surface area contributed by atoms with Crippen LogP contribution in [0.25, 0.3) is 11.0 Å². The molecule has 7 nitrogen and oxygen atoms in total. The summed E-state index contributed by atoms with van der Waals surface area (Å²) in [4.78, 5) is 16.9. The van der Waals surface area contributed by atoms with Crippen molar-refractivity contribution in [2.24, 2.45) is 0 Å². The fourth-order valence-electron chi connectivity index (χ4n) is 3.54. The molecule has 0 fully saturated rings. The lowest BCUT2D eigenvalue weighted by Crippen LogP contribution is -2.31. The molecule has 0 aliphatic heterocycles. The summed E-state index contributed by atoms with van der Waals surface area (Å²) in [7, 11) is 1.63. The fourth-order valence-corrected chi connectivity index (χ4v) is 3.54. The van der Waals surface area contributed by atoms with Gasteiger partial charge >= 0.3 is 0 Å². The Balaban J connectivity index is 1.34. The SMILES string of the molecule is COc1cccc(OCCn2c(CCNC(=O)COc3ccccc3)nc3ccccc32)c1. The molecule has 0 bridgehead atoms. The minimum absolute atomic E-state index is 0.0190. The number of fused-ring (bicyclic) bond motifs is 1. The van der Waals surface area contributed by atoms with E-state index in [1.165, 1.54) is 0 Å². The number of aromatic nitrogens is 2. The maximum absolute atomic E-state index is 12.2. The molecule has 0 radical (unpaired) electrons. The highest BCUT2D eigenvalue weighted by atomic mass is 16.5. The molecular weight excluding hydrogens is 418 g/mol. The molecule has 1 amide bonds. The van der Waals surface area contributed by atoms with E-state index in [-0.39, 0.29) is 12.5 Å². The van der Waals surface area contributed by atoms with Crippen molar-refractivity contribution in [3.8, 4) is 17.2 Å². The molecule has 7 heteroatoms. The summed E-state index contributed by atoms with van der Waals surface area (Å²) in [6.07, 6.45) is 0.602. The Hall–Kier alpha value is -4.00. The van der Waals surface area contributed by atoms with Crippen LogP contribution in [0.5, 0.6) is 17.2 Å². The standard InChI is InChI=1S/C26H27N3O4/c1-31-21-10-7-11-22(18-21)32-17-16-29-24-13-6-5-12-23(24)28-25(29)14-15-27-26(30)19-33-20-8-3-2-4-9-20/h2-13,18H,14-17,19H2,1H3,(H,27,30). The number of para-hydroxylation sites is 3. The second-order valence-corrected chi connectivity index (χ2v) is 7.40. The zero-order valence-corrected chi connectivity index (χ0v) is 18.6. The molecule has 33 heavy (non-hydrogen) atoms. The molecule has 0 aliphatic rings. The highest BCUT2D eigenvalue weighted by Gasteiger charge is 2.11. The van der Waals surface area contributed by atoms with Crippen LogP contribution >= 0.6 is 0 Å². The van der Waals surface area contributed by atoms with Crippen LogP contribution < -0.4 is 19.5 Å². The molecule has 1 heterocycles. The van der Waals surface area contributed by atoms with Crippen LogP contribution in [0.2, 0.25) is 0 Å². The van der Waals surface area contributed by atoms with E-state index in [0.29, 0.717) is 31.9 Å². The monoisotopic (exact) mass is 445 g/mol. The van der Waals surface area contributed by atoms with Gasteiger partial charge in [-0.05, 0) is 36.4 Å². The van der Waals surface area contributed by atoms with Crippen molar-refractivity contribution in [1.29, 1.82) is 0 Å². The van der Waals surface area contributed by atoms with Crippen LogP contribution in [-0.4, -0.2) is 42.3 Å². The third-order valence-corrected chi connectivity index (χ3v) is 5.14. The van der Waals surface area contributed by atoms with Gasteiger partial charge in [0.25, 0.3) is 5.91 Å². The van der Waals surface area contributed by atoms with Gasteiger partial charge in [0.1, 0.15) is 29.7 Å². The van der Waals surface area contributed by atoms with E-state index in [9.17, 15) is 4.79 Å². The summed E-state index contributed by atoms with van der Waals surface area (Å²) in [6, 6.07) is 24.8. The molecule has 3 aromatic carbocycles. The maximum Gasteiger partial charge on any atom is 0.257 e. The van der Waals surface area contributed by atoms with Crippen molar-refractivity contribution in [2.75, 3.05) is 26.9 Å². The van der Waals surface area contributed by atoms with Crippen LogP contribution in [0.15, 0.2) is 78.9 Å². The molecule has 4 rings (SSSR count). The minimum Gasteiger partial charge on any atom is -0.497 e. The number of carbonyl (C=O) groups excluding carboxylic acids is 1. The average molecular weight is 446 g/mol. The Bertz CT molecular complexity index is 1190. The molecular formula is C26H27N3O4. The van der Waals surface area contributed by atoms with Crippen LogP contribution in [-0.2, 0) is 17.8 Å². The smallest absolute Gasteiger partial charge is 0.257 e. The predicted octanol–water partition coefficient (Wildman–Crippen LogP) is 3.86. The van der Waals surface area contributed by atoms with Crippen LogP contribution in [0, 0.1) is 0 Å². The zero-order chi connectivity index (χ0) is 22.9. The molecule has 0 saturated heterocycles. The molecule has 0 saturated carbocycles. The molecule has 0 unspecified atom stereocenters. The van der Waals surface area contributed by atoms with Crippen molar-refractivity contribution in [3.05, 3.63) is 84.7 Å². The van der Waals surface area contributed by atoms with Crippen molar-refractivity contribution < 1.29 is 19.0 Å². The number of rotatable bonds is 11. The van der Waals surface area contributed by atoms with E-state index in [2.05, 4.69) is 9.88 Å². The first kappa shape index (κ1) is 22.2. The molecule has 1 N–H and O–H groups in total. The van der Waals surface area contributed by atoms with Gasteiger partial charge in [0, 0.05) is 19.0 Å². The number of nitrogens with one attached hydrogen (secondary N) is 1. The summed E-state index contributed by atoms with van der Waals surface area (Å²) < 4.78 is 18.8. The van der Waals surface area contributed by atoms with Gasteiger partial charge in [-0.2, -0.15) is 0 Å². The molecule has 0 atom stereocenters. The third-order valence-electron chi connectivity index (χ3n) is 5.14. The molecule has 1 aromatic heterocycles. The number of imidazole rings is 1. The van der Waals surface area contributed by atoms with Crippen molar-refractivity contribution in [3.63, 3.8) is 0 Å². The quantitative estimate of drug-likeness (QED) is 0.379. The highest BCUT2D eigenvalue weighted by Crippen LogP contribution is 2.20. The minimum atomic E-state index is -0.164. The number of nitrogens with zero attached hydrogens (tertiary/aromatic N) is 2. The second kappa shape index (κ2) is 11.0. The zero-order valence-electron chi connectivity index (χ0n) is 18.6. The van der Waals surface area contributed by atoms with E-state index >= 15 is 0 Å². The van der Waals surface area contributed by atoms with E-state index in [1.54, 1.807) is 7.11 Å². The van der Waals surface area contributed by atoms with Crippen molar-refractivity contribution in [2.45, 2.75) is 13.0 Å². The van der Waals surface area contributed by atoms with E-state index in [0.717, 1.165) is 28.4 Å².